The van der Waals surface area contributed by atoms with Gasteiger partial charge in [0.25, 0.3) is 0 Å². The van der Waals surface area contributed by atoms with Crippen LogP contribution in [0.1, 0.15) is 24.0 Å². The Kier molecular flexibility index (Phi) is 3.36. The molecule has 3 heteroatoms. The van der Waals surface area contributed by atoms with Crippen molar-refractivity contribution in [2.45, 2.75) is 18.3 Å². The molecule has 1 fully saturated rings. The summed E-state index contributed by atoms with van der Waals surface area (Å²) in [4.78, 5) is 0. The average Bonchev–Trinajstić information content (AvgIpc) is 2.49. The summed E-state index contributed by atoms with van der Waals surface area (Å²) in [5.41, 5.74) is 2.41. The molecule has 1 saturated heterocycles. The summed E-state index contributed by atoms with van der Waals surface area (Å²) in [6.45, 7) is 1.95. The van der Waals surface area contributed by atoms with Gasteiger partial charge in [-0.25, -0.2) is 0 Å². The maximum Gasteiger partial charge on any atom is 0.115 e. The minimum Gasteiger partial charge on any atom is -0.508 e. The number of hydrogen-bond donors (Lipinski definition) is 3. The smallest absolute Gasteiger partial charge is 0.115 e. The molecule has 0 radical (unpaired) electrons. The third-order valence-corrected chi connectivity index (χ3v) is 4.30. The molecule has 0 spiro atoms. The molecular weight excluding hydrogens is 250 g/mol. The van der Waals surface area contributed by atoms with Crippen LogP contribution in [0.5, 0.6) is 11.5 Å². The van der Waals surface area contributed by atoms with Crippen molar-refractivity contribution >= 4 is 0 Å². The molecule has 3 rings (SSSR count). The Morgan fingerprint density at radius 2 is 1.10 bits per heavy atom. The van der Waals surface area contributed by atoms with Crippen molar-refractivity contribution in [1.82, 2.24) is 5.32 Å². The lowest BCUT2D eigenvalue weighted by atomic mass is 9.68. The summed E-state index contributed by atoms with van der Waals surface area (Å²) < 4.78 is 0. The van der Waals surface area contributed by atoms with Crippen LogP contribution < -0.4 is 5.32 Å². The molecule has 0 unspecified atom stereocenters. The van der Waals surface area contributed by atoms with Crippen molar-refractivity contribution in [3.05, 3.63) is 59.7 Å². The normalized spacial score (nSPS) is 17.8. The highest BCUT2D eigenvalue weighted by Gasteiger charge is 2.35. The van der Waals surface area contributed by atoms with Gasteiger partial charge in [0.2, 0.25) is 0 Å². The van der Waals surface area contributed by atoms with E-state index in [1.54, 1.807) is 24.3 Å². The Balaban J connectivity index is 2.08. The van der Waals surface area contributed by atoms with Crippen molar-refractivity contribution in [3.8, 4) is 11.5 Å². The van der Waals surface area contributed by atoms with Gasteiger partial charge in [-0.2, -0.15) is 0 Å². The first-order valence-electron chi connectivity index (χ1n) is 7.00. The third-order valence-electron chi connectivity index (χ3n) is 4.30. The van der Waals surface area contributed by atoms with E-state index < -0.39 is 0 Å². The van der Waals surface area contributed by atoms with Crippen LogP contribution in [-0.4, -0.2) is 23.3 Å². The van der Waals surface area contributed by atoms with Crippen LogP contribution in [-0.2, 0) is 5.41 Å². The van der Waals surface area contributed by atoms with E-state index in [0.717, 1.165) is 25.9 Å². The molecule has 104 valence electrons. The van der Waals surface area contributed by atoms with Gasteiger partial charge in [0.05, 0.1) is 0 Å². The zero-order valence-electron chi connectivity index (χ0n) is 11.3. The van der Waals surface area contributed by atoms with Crippen molar-refractivity contribution in [2.24, 2.45) is 0 Å². The van der Waals surface area contributed by atoms with Gasteiger partial charge in [0.1, 0.15) is 11.5 Å². The number of hydrogen-bond acceptors (Lipinski definition) is 3. The van der Waals surface area contributed by atoms with E-state index in [9.17, 15) is 10.2 Å². The van der Waals surface area contributed by atoms with Crippen LogP contribution in [0.2, 0.25) is 0 Å². The highest BCUT2D eigenvalue weighted by molar-refractivity contribution is 5.43. The second-order valence-electron chi connectivity index (χ2n) is 5.43. The monoisotopic (exact) mass is 269 g/mol. The zero-order chi connectivity index (χ0) is 14.0. The van der Waals surface area contributed by atoms with Gasteiger partial charge in [0, 0.05) is 5.41 Å². The van der Waals surface area contributed by atoms with E-state index in [2.05, 4.69) is 5.32 Å². The lowest BCUT2D eigenvalue weighted by Gasteiger charge is -2.39. The second kappa shape index (κ2) is 5.17. The highest BCUT2D eigenvalue weighted by Crippen LogP contribution is 2.41. The fourth-order valence-corrected chi connectivity index (χ4v) is 3.16. The van der Waals surface area contributed by atoms with E-state index in [1.807, 2.05) is 24.3 Å². The Hall–Kier alpha value is -2.00. The third kappa shape index (κ3) is 2.25. The van der Waals surface area contributed by atoms with E-state index in [4.69, 9.17) is 0 Å². The van der Waals surface area contributed by atoms with E-state index >= 15 is 0 Å². The number of nitrogens with one attached hydrogen (secondary N) is 1. The summed E-state index contributed by atoms with van der Waals surface area (Å²) >= 11 is 0. The number of phenols is 2. The molecule has 0 aliphatic carbocycles. The van der Waals surface area contributed by atoms with Crippen molar-refractivity contribution in [3.63, 3.8) is 0 Å². The number of piperidine rings is 1. The van der Waals surface area contributed by atoms with E-state index in [0.29, 0.717) is 11.5 Å². The Labute approximate surface area is 118 Å². The summed E-state index contributed by atoms with van der Waals surface area (Å²) in [5.74, 6) is 0.590. The lowest BCUT2D eigenvalue weighted by molar-refractivity contribution is 0.361. The summed E-state index contributed by atoms with van der Waals surface area (Å²) in [7, 11) is 0. The van der Waals surface area contributed by atoms with Crippen LogP contribution in [0, 0.1) is 0 Å². The molecule has 0 aromatic heterocycles. The minimum atomic E-state index is -0.0351. The quantitative estimate of drug-likeness (QED) is 0.785. The van der Waals surface area contributed by atoms with Gasteiger partial charge in [0.15, 0.2) is 0 Å². The molecule has 1 aliphatic heterocycles. The Bertz CT molecular complexity index is 521. The van der Waals surface area contributed by atoms with E-state index in [1.165, 1.54) is 11.1 Å². The fraction of sp³-hybridized carbons (Fsp3) is 0.294. The maximum atomic E-state index is 9.50. The number of aromatic hydroxyl groups is 2. The molecular formula is C17H19NO2. The van der Waals surface area contributed by atoms with E-state index in [-0.39, 0.29) is 5.41 Å². The number of phenolic OH excluding ortho intramolecular Hbond substituents is 2. The molecule has 3 nitrogen and oxygen atoms in total. The Morgan fingerprint density at radius 3 is 1.50 bits per heavy atom. The predicted molar refractivity (Wildman–Crippen MR) is 79.1 cm³/mol. The van der Waals surface area contributed by atoms with Crippen molar-refractivity contribution < 1.29 is 10.2 Å². The summed E-state index contributed by atoms with van der Waals surface area (Å²) in [6, 6.07) is 15.0. The van der Waals surface area contributed by atoms with Crippen LogP contribution >= 0.6 is 0 Å². The van der Waals surface area contributed by atoms with Crippen LogP contribution in [0.3, 0.4) is 0 Å². The molecule has 0 atom stereocenters. The minimum absolute atomic E-state index is 0.0351. The second-order valence-corrected chi connectivity index (χ2v) is 5.43. The maximum absolute atomic E-state index is 9.50. The van der Waals surface area contributed by atoms with Gasteiger partial charge in [-0.15, -0.1) is 0 Å². The molecule has 3 N–H and O–H groups in total. The molecule has 0 saturated carbocycles. The van der Waals surface area contributed by atoms with Gasteiger partial charge in [-0.05, 0) is 61.3 Å². The molecule has 0 amide bonds. The van der Waals surface area contributed by atoms with Crippen molar-refractivity contribution in [1.29, 1.82) is 0 Å². The molecule has 0 bridgehead atoms. The first-order valence-corrected chi connectivity index (χ1v) is 7.00. The van der Waals surface area contributed by atoms with Gasteiger partial charge < -0.3 is 15.5 Å². The average molecular weight is 269 g/mol. The number of benzene rings is 2. The molecule has 20 heavy (non-hydrogen) atoms. The zero-order valence-corrected chi connectivity index (χ0v) is 11.3. The molecule has 2 aromatic carbocycles. The lowest BCUT2D eigenvalue weighted by Crippen LogP contribution is -2.40. The molecule has 2 aromatic rings. The van der Waals surface area contributed by atoms with Crippen molar-refractivity contribution in [2.75, 3.05) is 13.1 Å². The van der Waals surface area contributed by atoms with Crippen LogP contribution in [0.15, 0.2) is 48.5 Å². The Morgan fingerprint density at radius 1 is 0.700 bits per heavy atom. The summed E-state index contributed by atoms with van der Waals surface area (Å²) in [5, 5.41) is 22.4. The first kappa shape index (κ1) is 13.0. The SMILES string of the molecule is Oc1ccc(C2(c3ccc(O)cc3)CCNCC2)cc1. The highest BCUT2D eigenvalue weighted by atomic mass is 16.3. The molecule has 1 heterocycles. The largest absolute Gasteiger partial charge is 0.508 e. The van der Waals surface area contributed by atoms with Gasteiger partial charge >= 0.3 is 0 Å². The number of rotatable bonds is 2. The summed E-state index contributed by atoms with van der Waals surface area (Å²) in [6.07, 6.45) is 2.03. The first-order chi connectivity index (χ1) is 9.71. The standard InChI is InChI=1S/C17H19NO2/c19-15-5-1-13(2-6-15)17(9-11-18-12-10-17)14-3-7-16(20)8-4-14/h1-8,18-20H,9-12H2. The molecule has 1 aliphatic rings. The van der Waals surface area contributed by atoms with Gasteiger partial charge in [-0.3, -0.25) is 0 Å². The predicted octanol–water partition coefficient (Wildman–Crippen LogP) is 2.77. The van der Waals surface area contributed by atoms with Gasteiger partial charge in [-0.1, -0.05) is 24.3 Å². The fourth-order valence-electron chi connectivity index (χ4n) is 3.16. The van der Waals surface area contributed by atoms with Crippen LogP contribution in [0.4, 0.5) is 0 Å². The topological polar surface area (TPSA) is 52.5 Å². The van der Waals surface area contributed by atoms with Crippen LogP contribution in [0.25, 0.3) is 0 Å².